The SMILES string of the molecule is CN1C(=O)CO[C@H](C(=O)NCc2ccccc2F)[C@@H]1c1ccccc1. The molecule has 2 aromatic rings. The number of carbonyl (C=O) groups excluding carboxylic acids is 2. The molecule has 1 saturated heterocycles. The smallest absolute Gasteiger partial charge is 0.251 e. The number of halogens is 1. The quantitative estimate of drug-likeness (QED) is 0.925. The molecule has 0 bridgehead atoms. The van der Waals surface area contributed by atoms with Gasteiger partial charge in [0.25, 0.3) is 5.91 Å². The van der Waals surface area contributed by atoms with Gasteiger partial charge in [0.1, 0.15) is 12.4 Å². The number of likely N-dealkylation sites (N-methyl/N-ethyl adjacent to an activating group) is 1. The number of nitrogens with one attached hydrogen (secondary N) is 1. The minimum atomic E-state index is -0.850. The topological polar surface area (TPSA) is 58.6 Å². The Morgan fingerprint density at radius 1 is 1.20 bits per heavy atom. The highest BCUT2D eigenvalue weighted by Crippen LogP contribution is 2.29. The Hall–Kier alpha value is -2.73. The number of hydrogen-bond donors (Lipinski definition) is 1. The average molecular weight is 342 g/mol. The molecule has 1 N–H and O–H groups in total. The third kappa shape index (κ3) is 3.69. The number of hydrogen-bond acceptors (Lipinski definition) is 3. The first kappa shape index (κ1) is 17.1. The van der Waals surface area contributed by atoms with Crippen molar-refractivity contribution in [2.45, 2.75) is 18.7 Å². The number of morpholine rings is 1. The summed E-state index contributed by atoms with van der Waals surface area (Å²) in [7, 11) is 1.65. The van der Waals surface area contributed by atoms with Crippen LogP contribution in [0.3, 0.4) is 0 Å². The Morgan fingerprint density at radius 2 is 1.88 bits per heavy atom. The van der Waals surface area contributed by atoms with E-state index in [4.69, 9.17) is 4.74 Å². The molecular formula is C19H19FN2O3. The van der Waals surface area contributed by atoms with Gasteiger partial charge in [-0.1, -0.05) is 48.5 Å². The Balaban J connectivity index is 1.77. The predicted molar refractivity (Wildman–Crippen MR) is 89.9 cm³/mol. The van der Waals surface area contributed by atoms with Crippen molar-refractivity contribution in [3.05, 3.63) is 71.5 Å². The summed E-state index contributed by atoms with van der Waals surface area (Å²) >= 11 is 0. The third-order valence-corrected chi connectivity index (χ3v) is 4.29. The molecule has 2 atom stereocenters. The summed E-state index contributed by atoms with van der Waals surface area (Å²) < 4.78 is 19.2. The lowest BCUT2D eigenvalue weighted by molar-refractivity contribution is -0.162. The first-order chi connectivity index (χ1) is 12.1. The van der Waals surface area contributed by atoms with Gasteiger partial charge in [-0.3, -0.25) is 9.59 Å². The van der Waals surface area contributed by atoms with Crippen LogP contribution in [0.2, 0.25) is 0 Å². The molecule has 0 unspecified atom stereocenters. The van der Waals surface area contributed by atoms with Gasteiger partial charge in [0.2, 0.25) is 5.91 Å². The molecule has 1 aliphatic rings. The second-order valence-electron chi connectivity index (χ2n) is 5.90. The Labute approximate surface area is 145 Å². The van der Waals surface area contributed by atoms with Gasteiger partial charge >= 0.3 is 0 Å². The fourth-order valence-electron chi connectivity index (χ4n) is 2.90. The van der Waals surface area contributed by atoms with Gasteiger partial charge in [-0.15, -0.1) is 0 Å². The summed E-state index contributed by atoms with van der Waals surface area (Å²) in [6, 6.07) is 15.0. The van der Waals surface area contributed by atoms with E-state index in [2.05, 4.69) is 5.32 Å². The molecule has 1 fully saturated rings. The fourth-order valence-corrected chi connectivity index (χ4v) is 2.90. The highest BCUT2D eigenvalue weighted by molar-refractivity contribution is 5.86. The fraction of sp³-hybridized carbons (Fsp3) is 0.263. The lowest BCUT2D eigenvalue weighted by atomic mass is 9.97. The second-order valence-corrected chi connectivity index (χ2v) is 5.90. The number of amides is 2. The van der Waals surface area contributed by atoms with E-state index in [0.717, 1.165) is 5.56 Å². The predicted octanol–water partition coefficient (Wildman–Crippen LogP) is 2.04. The van der Waals surface area contributed by atoms with Crippen LogP contribution in [0.15, 0.2) is 54.6 Å². The van der Waals surface area contributed by atoms with Crippen molar-refractivity contribution in [1.29, 1.82) is 0 Å². The highest BCUT2D eigenvalue weighted by Gasteiger charge is 2.39. The highest BCUT2D eigenvalue weighted by atomic mass is 19.1. The van der Waals surface area contributed by atoms with E-state index in [1.807, 2.05) is 30.3 Å². The van der Waals surface area contributed by atoms with Gasteiger partial charge in [0, 0.05) is 19.2 Å². The summed E-state index contributed by atoms with van der Waals surface area (Å²) in [6.07, 6.45) is -0.850. The zero-order chi connectivity index (χ0) is 17.8. The lowest BCUT2D eigenvalue weighted by Gasteiger charge is -2.38. The molecule has 6 heteroatoms. The molecule has 1 aliphatic heterocycles. The van der Waals surface area contributed by atoms with E-state index in [1.165, 1.54) is 11.0 Å². The molecule has 0 aliphatic carbocycles. The standard InChI is InChI=1S/C19H19FN2O3/c1-22-16(23)12-25-18(17(22)13-7-3-2-4-8-13)19(24)21-11-14-9-5-6-10-15(14)20/h2-10,17-18H,11-12H2,1H3,(H,21,24)/t17-,18-/m0/s1. The van der Waals surface area contributed by atoms with Crippen molar-refractivity contribution in [2.75, 3.05) is 13.7 Å². The monoisotopic (exact) mass is 342 g/mol. The van der Waals surface area contributed by atoms with Crippen molar-refractivity contribution in [2.24, 2.45) is 0 Å². The van der Waals surface area contributed by atoms with E-state index in [1.54, 1.807) is 25.2 Å². The van der Waals surface area contributed by atoms with Crippen LogP contribution in [0.4, 0.5) is 4.39 Å². The van der Waals surface area contributed by atoms with Gasteiger partial charge in [-0.05, 0) is 11.6 Å². The normalized spacial score (nSPS) is 20.4. The molecule has 25 heavy (non-hydrogen) atoms. The molecule has 1 heterocycles. The second kappa shape index (κ2) is 7.44. The number of nitrogens with zero attached hydrogens (tertiary/aromatic N) is 1. The molecule has 2 amide bonds. The summed E-state index contributed by atoms with van der Waals surface area (Å²) in [5, 5.41) is 2.70. The zero-order valence-electron chi connectivity index (χ0n) is 13.8. The number of carbonyl (C=O) groups is 2. The first-order valence-corrected chi connectivity index (χ1v) is 8.01. The van der Waals surface area contributed by atoms with E-state index in [0.29, 0.717) is 5.56 Å². The molecule has 5 nitrogen and oxygen atoms in total. The number of ether oxygens (including phenoxy) is 1. The minimum Gasteiger partial charge on any atom is -0.356 e. The van der Waals surface area contributed by atoms with E-state index >= 15 is 0 Å². The molecule has 0 saturated carbocycles. The molecule has 0 radical (unpaired) electrons. The van der Waals surface area contributed by atoms with Crippen molar-refractivity contribution < 1.29 is 18.7 Å². The maximum Gasteiger partial charge on any atom is 0.251 e. The molecule has 3 rings (SSSR count). The average Bonchev–Trinajstić information content (AvgIpc) is 2.63. The molecule has 130 valence electrons. The van der Waals surface area contributed by atoms with Crippen LogP contribution >= 0.6 is 0 Å². The number of benzene rings is 2. The van der Waals surface area contributed by atoms with E-state index in [9.17, 15) is 14.0 Å². The van der Waals surface area contributed by atoms with E-state index in [-0.39, 0.29) is 30.8 Å². The Bertz CT molecular complexity index is 766. The molecular weight excluding hydrogens is 323 g/mol. The lowest BCUT2D eigenvalue weighted by Crippen LogP contribution is -2.52. The van der Waals surface area contributed by atoms with Crippen molar-refractivity contribution >= 4 is 11.8 Å². The van der Waals surface area contributed by atoms with E-state index < -0.39 is 12.1 Å². The van der Waals surface area contributed by atoms with Crippen LogP contribution in [0.1, 0.15) is 17.2 Å². The van der Waals surface area contributed by atoms with Gasteiger partial charge in [0.15, 0.2) is 6.10 Å². The minimum absolute atomic E-state index is 0.0601. The summed E-state index contributed by atoms with van der Waals surface area (Å²) in [5.74, 6) is -0.942. The van der Waals surface area contributed by atoms with Gasteiger partial charge in [0.05, 0.1) is 6.04 Å². The zero-order valence-corrected chi connectivity index (χ0v) is 13.8. The largest absolute Gasteiger partial charge is 0.356 e. The third-order valence-electron chi connectivity index (χ3n) is 4.29. The van der Waals surface area contributed by atoms with Crippen LogP contribution < -0.4 is 5.32 Å². The molecule has 0 spiro atoms. The number of rotatable bonds is 4. The maximum absolute atomic E-state index is 13.7. The van der Waals surface area contributed by atoms with Crippen LogP contribution in [0, 0.1) is 5.82 Å². The van der Waals surface area contributed by atoms with Gasteiger partial charge in [-0.2, -0.15) is 0 Å². The van der Waals surface area contributed by atoms with Crippen LogP contribution in [-0.4, -0.2) is 36.5 Å². The summed E-state index contributed by atoms with van der Waals surface area (Å²) in [6.45, 7) is -0.0951. The molecule has 0 aromatic heterocycles. The van der Waals surface area contributed by atoms with Crippen molar-refractivity contribution in [1.82, 2.24) is 10.2 Å². The van der Waals surface area contributed by atoms with Gasteiger partial charge in [-0.25, -0.2) is 4.39 Å². The summed E-state index contributed by atoms with van der Waals surface area (Å²) in [5.41, 5.74) is 1.21. The first-order valence-electron chi connectivity index (χ1n) is 8.01. The van der Waals surface area contributed by atoms with Crippen molar-refractivity contribution in [3.8, 4) is 0 Å². The molecule has 2 aromatic carbocycles. The summed E-state index contributed by atoms with van der Waals surface area (Å²) in [4.78, 5) is 26.1. The van der Waals surface area contributed by atoms with Crippen LogP contribution in [-0.2, 0) is 20.9 Å². The Morgan fingerprint density at radius 3 is 2.60 bits per heavy atom. The van der Waals surface area contributed by atoms with Crippen molar-refractivity contribution in [3.63, 3.8) is 0 Å². The Kier molecular flexibility index (Phi) is 5.09. The maximum atomic E-state index is 13.7. The van der Waals surface area contributed by atoms with Crippen LogP contribution in [0.5, 0.6) is 0 Å². The van der Waals surface area contributed by atoms with Gasteiger partial charge < -0.3 is 15.0 Å². The van der Waals surface area contributed by atoms with Crippen LogP contribution in [0.25, 0.3) is 0 Å².